The first kappa shape index (κ1) is 46.4. The molecule has 4 amide bonds. The summed E-state index contributed by atoms with van der Waals surface area (Å²) >= 11 is 0. The van der Waals surface area contributed by atoms with E-state index in [2.05, 4.69) is 29.6 Å². The van der Waals surface area contributed by atoms with Crippen molar-refractivity contribution >= 4 is 29.8 Å². The zero-order valence-electron chi connectivity index (χ0n) is 35.5. The number of aromatic nitrogens is 6. The van der Waals surface area contributed by atoms with Crippen LogP contribution in [0.3, 0.4) is 0 Å². The summed E-state index contributed by atoms with van der Waals surface area (Å²) in [6.07, 6.45) is -10.9. The summed E-state index contributed by atoms with van der Waals surface area (Å²) in [6.45, 7) is 2.93. The number of hydrogen-bond donors (Lipinski definition) is 0. The highest BCUT2D eigenvalue weighted by Gasteiger charge is 2.43. The topological polar surface area (TPSA) is 190 Å². The number of imide groups is 2. The predicted molar refractivity (Wildman–Crippen MR) is 221 cm³/mol. The number of amides is 4. The molecule has 0 saturated carbocycles. The molecule has 23 heteroatoms. The van der Waals surface area contributed by atoms with E-state index in [0.717, 1.165) is 34.1 Å². The lowest BCUT2D eigenvalue weighted by Crippen LogP contribution is -2.42. The molecule has 4 unspecified atom stereocenters. The van der Waals surface area contributed by atoms with Crippen LogP contribution in [0.5, 0.6) is 11.5 Å². The standard InChI is InChI=1S/C45H36F6N8O9/c1-25(39(58-35(60)19-20-36(58)61)27-3-7-29(8-4-27)41-52-23-56(54-41)31-11-15-33(16-12-31)67-44(46,47)48)65-43(64)66-26(2)40(59-37(62)21-22-38(59)63)28-5-9-30(10-6-28)42-53-24-57(55-42)32-13-17-34(18-14-32)68-45(49,50)51/h3-18,23-26,39-40H,19-22H2,1-2H3. The molecule has 0 bridgehead atoms. The van der Waals surface area contributed by atoms with Gasteiger partial charge in [-0.05, 0) is 73.5 Å². The molecule has 8 rings (SSSR count). The van der Waals surface area contributed by atoms with Crippen LogP contribution >= 0.6 is 0 Å². The van der Waals surface area contributed by atoms with Gasteiger partial charge in [0.15, 0.2) is 11.6 Å². The van der Waals surface area contributed by atoms with E-state index < -0.39 is 78.3 Å². The molecule has 352 valence electrons. The van der Waals surface area contributed by atoms with Crippen LogP contribution in [-0.2, 0) is 28.7 Å². The van der Waals surface area contributed by atoms with E-state index >= 15 is 0 Å². The van der Waals surface area contributed by atoms with Crippen molar-refractivity contribution in [3.63, 3.8) is 0 Å². The highest BCUT2D eigenvalue weighted by molar-refractivity contribution is 6.03. The first-order chi connectivity index (χ1) is 32.3. The molecule has 0 aliphatic carbocycles. The highest BCUT2D eigenvalue weighted by atomic mass is 19.4. The summed E-state index contributed by atoms with van der Waals surface area (Å²) in [6, 6.07) is 20.5. The van der Waals surface area contributed by atoms with Gasteiger partial charge < -0.3 is 18.9 Å². The summed E-state index contributed by atoms with van der Waals surface area (Å²) in [5, 5.41) is 8.81. The zero-order valence-corrected chi connectivity index (χ0v) is 35.5. The maximum absolute atomic E-state index is 13.6. The van der Waals surface area contributed by atoms with Gasteiger partial charge in [0.2, 0.25) is 23.6 Å². The van der Waals surface area contributed by atoms with Crippen LogP contribution in [0.1, 0.15) is 62.7 Å². The van der Waals surface area contributed by atoms with Crippen LogP contribution in [0, 0.1) is 0 Å². The van der Waals surface area contributed by atoms with E-state index in [0.29, 0.717) is 33.6 Å². The SMILES string of the molecule is CC(OC(=O)OC(C)C(c1ccc(-c2ncn(-c3ccc(OC(F)(F)F)cc3)n2)cc1)N1C(=O)CCC1=O)C(c1ccc(-c2ncn(-c3ccc(OC(F)(F)F)cc3)n2)cc1)N1C(=O)CCC1=O. The highest BCUT2D eigenvalue weighted by Crippen LogP contribution is 2.36. The molecule has 0 N–H and O–H groups in total. The summed E-state index contributed by atoms with van der Waals surface area (Å²) in [4.78, 5) is 76.6. The van der Waals surface area contributed by atoms with E-state index in [9.17, 15) is 50.3 Å². The minimum absolute atomic E-state index is 0.0689. The first-order valence-corrected chi connectivity index (χ1v) is 20.6. The fourth-order valence-electron chi connectivity index (χ4n) is 7.83. The Bertz CT molecular complexity index is 2610. The summed E-state index contributed by atoms with van der Waals surface area (Å²) in [5.74, 6) is -2.36. The van der Waals surface area contributed by atoms with E-state index in [1.54, 1.807) is 48.5 Å². The number of hydrogen-bond acceptors (Lipinski definition) is 13. The molecule has 0 spiro atoms. The van der Waals surface area contributed by atoms with Crippen LogP contribution in [-0.4, -0.2) is 94.0 Å². The van der Waals surface area contributed by atoms with E-state index in [1.165, 1.54) is 60.1 Å². The zero-order chi connectivity index (χ0) is 48.5. The number of rotatable bonds is 14. The Balaban J connectivity index is 0.970. The van der Waals surface area contributed by atoms with Crippen molar-refractivity contribution in [1.82, 2.24) is 39.3 Å². The maximum Gasteiger partial charge on any atom is 0.573 e. The molecule has 17 nitrogen and oxygen atoms in total. The van der Waals surface area contributed by atoms with E-state index in [4.69, 9.17) is 9.47 Å². The third kappa shape index (κ3) is 10.5. The average Bonchev–Trinajstić information content (AvgIpc) is 4.11. The number of ether oxygens (including phenoxy) is 4. The van der Waals surface area contributed by atoms with E-state index in [-0.39, 0.29) is 37.3 Å². The Morgan fingerprint density at radius 3 is 1.15 bits per heavy atom. The van der Waals surface area contributed by atoms with Crippen molar-refractivity contribution in [2.75, 3.05) is 0 Å². The molecule has 2 aromatic heterocycles. The normalized spacial score (nSPS) is 16.2. The molecule has 0 radical (unpaired) electrons. The van der Waals surface area contributed by atoms with Gasteiger partial charge in [-0.2, -0.15) is 0 Å². The van der Waals surface area contributed by atoms with Gasteiger partial charge >= 0.3 is 18.9 Å². The lowest BCUT2D eigenvalue weighted by Gasteiger charge is -2.33. The Labute approximate surface area is 380 Å². The Kier molecular flexibility index (Phi) is 12.7. The molecule has 4 heterocycles. The van der Waals surface area contributed by atoms with Crippen molar-refractivity contribution in [2.45, 2.75) is 76.5 Å². The fourth-order valence-corrected chi connectivity index (χ4v) is 7.83. The summed E-state index contributed by atoms with van der Waals surface area (Å²) in [7, 11) is 0. The number of halogens is 6. The van der Waals surface area contributed by atoms with E-state index in [1.807, 2.05) is 0 Å². The maximum atomic E-state index is 13.6. The van der Waals surface area contributed by atoms with Crippen molar-refractivity contribution in [2.24, 2.45) is 0 Å². The van der Waals surface area contributed by atoms with Crippen molar-refractivity contribution in [1.29, 1.82) is 0 Å². The minimum Gasteiger partial charge on any atom is -0.429 e. The molecule has 2 aliphatic heterocycles. The average molecular weight is 947 g/mol. The molecule has 4 aromatic carbocycles. The van der Waals surface area contributed by atoms with Gasteiger partial charge in [-0.1, -0.05) is 48.5 Å². The number of benzene rings is 4. The second kappa shape index (κ2) is 18.6. The van der Waals surface area contributed by atoms with Crippen LogP contribution in [0.4, 0.5) is 31.1 Å². The van der Waals surface area contributed by atoms with Crippen LogP contribution < -0.4 is 9.47 Å². The molecular weight excluding hydrogens is 911 g/mol. The van der Waals surface area contributed by atoms with Gasteiger partial charge in [0.25, 0.3) is 0 Å². The van der Waals surface area contributed by atoms with Gasteiger partial charge in [0.1, 0.15) is 48.4 Å². The van der Waals surface area contributed by atoms with Crippen LogP contribution in [0.2, 0.25) is 0 Å². The molecule has 2 aliphatic rings. The van der Waals surface area contributed by atoms with Crippen molar-refractivity contribution < 1.29 is 69.3 Å². The van der Waals surface area contributed by atoms with Crippen molar-refractivity contribution in [3.8, 4) is 45.6 Å². The van der Waals surface area contributed by atoms with Gasteiger partial charge in [-0.3, -0.25) is 29.0 Å². The molecule has 4 atom stereocenters. The van der Waals surface area contributed by atoms with Crippen LogP contribution in [0.25, 0.3) is 34.2 Å². The smallest absolute Gasteiger partial charge is 0.429 e. The molecule has 2 fully saturated rings. The number of alkyl halides is 6. The van der Waals surface area contributed by atoms with Gasteiger partial charge in [0, 0.05) is 36.8 Å². The third-order valence-corrected chi connectivity index (χ3v) is 10.9. The molecular formula is C45H36F6N8O9. The second-order valence-corrected chi connectivity index (χ2v) is 15.5. The first-order valence-electron chi connectivity index (χ1n) is 20.6. The quantitative estimate of drug-likeness (QED) is 0.0581. The molecule has 2 saturated heterocycles. The Hall–Kier alpha value is -8.11. The fraction of sp³-hybridized carbons (Fsp3) is 0.267. The Morgan fingerprint density at radius 2 is 0.838 bits per heavy atom. The number of carbonyl (C=O) groups excluding carboxylic acids is 5. The number of carbonyl (C=O) groups is 5. The van der Waals surface area contributed by atoms with Gasteiger partial charge in [-0.25, -0.2) is 24.1 Å². The Morgan fingerprint density at radius 1 is 0.515 bits per heavy atom. The lowest BCUT2D eigenvalue weighted by molar-refractivity contribution is -0.275. The largest absolute Gasteiger partial charge is 0.573 e. The van der Waals surface area contributed by atoms with Crippen molar-refractivity contribution in [3.05, 3.63) is 121 Å². The molecule has 6 aromatic rings. The number of likely N-dealkylation sites (tertiary alicyclic amines) is 2. The predicted octanol–water partition coefficient (Wildman–Crippen LogP) is 7.99. The van der Waals surface area contributed by atoms with Crippen LogP contribution in [0.15, 0.2) is 110 Å². The third-order valence-electron chi connectivity index (χ3n) is 10.9. The molecule has 68 heavy (non-hydrogen) atoms. The van der Waals surface area contributed by atoms with Gasteiger partial charge in [0.05, 0.1) is 11.4 Å². The van der Waals surface area contributed by atoms with Gasteiger partial charge in [-0.15, -0.1) is 36.5 Å². The summed E-state index contributed by atoms with van der Waals surface area (Å²) in [5.41, 5.74) is 2.56. The minimum atomic E-state index is -4.85. The number of nitrogens with zero attached hydrogens (tertiary/aromatic N) is 8. The monoisotopic (exact) mass is 946 g/mol. The second-order valence-electron chi connectivity index (χ2n) is 15.5. The summed E-state index contributed by atoms with van der Waals surface area (Å²) < 4.78 is 97.6. The lowest BCUT2D eigenvalue weighted by atomic mass is 9.98.